The van der Waals surface area contributed by atoms with E-state index in [0.717, 1.165) is 30.7 Å². The first-order valence-electron chi connectivity index (χ1n) is 9.64. The van der Waals surface area contributed by atoms with Gasteiger partial charge in [0, 0.05) is 43.1 Å². The summed E-state index contributed by atoms with van der Waals surface area (Å²) in [6, 6.07) is 1.71. The number of fused-ring (bicyclic) bond motifs is 1. The molecule has 29 heavy (non-hydrogen) atoms. The van der Waals surface area contributed by atoms with E-state index in [1.54, 1.807) is 16.2 Å². The predicted octanol–water partition coefficient (Wildman–Crippen LogP) is 3.15. The van der Waals surface area contributed by atoms with Crippen LogP contribution >= 0.6 is 12.2 Å². The highest BCUT2D eigenvalue weighted by Crippen LogP contribution is 2.36. The van der Waals surface area contributed by atoms with Gasteiger partial charge in [-0.3, -0.25) is 4.79 Å². The summed E-state index contributed by atoms with van der Waals surface area (Å²) in [5.41, 5.74) is 1.21. The number of carbonyl (C=O) groups excluding carboxylic acids is 1. The monoisotopic (exact) mass is 425 g/mol. The lowest BCUT2D eigenvalue weighted by Crippen LogP contribution is -2.41. The molecule has 2 aromatic rings. The van der Waals surface area contributed by atoms with Crippen LogP contribution in [0.25, 0.3) is 0 Å². The van der Waals surface area contributed by atoms with Gasteiger partial charge in [0.15, 0.2) is 16.4 Å². The molecule has 2 atom stereocenters. The molecule has 2 aliphatic heterocycles. The normalized spacial score (nSPS) is 21.2. The minimum Gasteiger partial charge on any atom is -0.379 e. The van der Waals surface area contributed by atoms with Crippen LogP contribution in [0.4, 0.5) is 13.2 Å². The number of nitrogens with one attached hydrogen (secondary N) is 1. The van der Waals surface area contributed by atoms with Crippen LogP contribution in [-0.4, -0.2) is 34.3 Å². The zero-order valence-corrected chi connectivity index (χ0v) is 16.8. The average Bonchev–Trinajstić information content (AvgIpc) is 3.21. The number of hydrogen-bond acceptors (Lipinski definition) is 3. The fourth-order valence-corrected chi connectivity index (χ4v) is 4.61. The first kappa shape index (κ1) is 20.2. The van der Waals surface area contributed by atoms with Gasteiger partial charge in [-0.05, 0) is 43.6 Å². The number of amides is 1. The number of imidazole rings is 1. The number of halogens is 3. The van der Waals surface area contributed by atoms with Crippen molar-refractivity contribution in [2.24, 2.45) is 7.05 Å². The van der Waals surface area contributed by atoms with Gasteiger partial charge in [0.05, 0.1) is 19.1 Å². The standard InChI is InChI=1S/C20H22F3N3O2S/c1-25-15(8-17(27)24-12-3-2-6-28-10-12)16-7-11(9-26(16)20(25)29)18-13(21)4-5-14(22)19(18)23/h4-5,11-12H,2-3,6-10H2,1H3,(H,24,27)/t11-,12+/m0/s1. The molecule has 0 spiro atoms. The van der Waals surface area contributed by atoms with Gasteiger partial charge in [0.2, 0.25) is 5.91 Å². The molecule has 2 aliphatic rings. The smallest absolute Gasteiger partial charge is 0.226 e. The first-order chi connectivity index (χ1) is 13.9. The molecule has 1 aromatic heterocycles. The Morgan fingerprint density at radius 3 is 2.79 bits per heavy atom. The second-order valence-electron chi connectivity index (χ2n) is 7.66. The Morgan fingerprint density at radius 2 is 2.07 bits per heavy atom. The van der Waals surface area contributed by atoms with Gasteiger partial charge in [-0.1, -0.05) is 0 Å². The van der Waals surface area contributed by atoms with E-state index in [4.69, 9.17) is 17.0 Å². The fourth-order valence-electron chi connectivity index (χ4n) is 4.31. The minimum atomic E-state index is -1.16. The molecular weight excluding hydrogens is 403 g/mol. The van der Waals surface area contributed by atoms with Crippen molar-refractivity contribution in [2.45, 2.75) is 44.2 Å². The summed E-state index contributed by atoms with van der Waals surface area (Å²) in [7, 11) is 1.78. The molecule has 156 valence electrons. The summed E-state index contributed by atoms with van der Waals surface area (Å²) in [6.45, 7) is 1.46. The summed E-state index contributed by atoms with van der Waals surface area (Å²) < 4.78 is 51.6. The van der Waals surface area contributed by atoms with Crippen molar-refractivity contribution in [1.82, 2.24) is 14.5 Å². The molecule has 0 bridgehead atoms. The third kappa shape index (κ3) is 3.73. The number of nitrogens with zero attached hydrogens (tertiary/aromatic N) is 2. The Bertz CT molecular complexity index is 1010. The van der Waals surface area contributed by atoms with Crippen molar-refractivity contribution >= 4 is 18.1 Å². The van der Waals surface area contributed by atoms with Crippen LogP contribution in [0.15, 0.2) is 12.1 Å². The van der Waals surface area contributed by atoms with Crippen LogP contribution in [0.2, 0.25) is 0 Å². The van der Waals surface area contributed by atoms with Crippen LogP contribution in [-0.2, 0) is 36.0 Å². The molecule has 1 fully saturated rings. The van der Waals surface area contributed by atoms with E-state index in [-0.39, 0.29) is 36.9 Å². The number of rotatable bonds is 4. The van der Waals surface area contributed by atoms with Gasteiger partial charge in [0.25, 0.3) is 0 Å². The maximum atomic E-state index is 14.3. The largest absolute Gasteiger partial charge is 0.379 e. The molecule has 1 saturated heterocycles. The number of hydrogen-bond donors (Lipinski definition) is 1. The number of carbonyl (C=O) groups is 1. The second kappa shape index (κ2) is 7.95. The van der Waals surface area contributed by atoms with Crippen LogP contribution in [0.1, 0.15) is 35.7 Å². The quantitative estimate of drug-likeness (QED) is 0.605. The molecule has 0 unspecified atom stereocenters. The maximum absolute atomic E-state index is 14.3. The first-order valence-corrected chi connectivity index (χ1v) is 10.1. The van der Waals surface area contributed by atoms with Crippen molar-refractivity contribution in [2.75, 3.05) is 13.2 Å². The highest BCUT2D eigenvalue weighted by Gasteiger charge is 2.33. The van der Waals surface area contributed by atoms with Crippen molar-refractivity contribution in [1.29, 1.82) is 0 Å². The van der Waals surface area contributed by atoms with E-state index in [0.29, 0.717) is 23.7 Å². The van der Waals surface area contributed by atoms with E-state index >= 15 is 0 Å². The number of aromatic nitrogens is 2. The number of benzene rings is 1. The Kier molecular flexibility index (Phi) is 5.52. The highest BCUT2D eigenvalue weighted by atomic mass is 32.1. The van der Waals surface area contributed by atoms with Crippen molar-refractivity contribution in [3.05, 3.63) is 51.3 Å². The van der Waals surface area contributed by atoms with Crippen LogP contribution in [0.3, 0.4) is 0 Å². The van der Waals surface area contributed by atoms with Crippen molar-refractivity contribution in [3.63, 3.8) is 0 Å². The molecule has 1 aromatic carbocycles. The van der Waals surface area contributed by atoms with Crippen LogP contribution in [0.5, 0.6) is 0 Å². The molecule has 0 aliphatic carbocycles. The SMILES string of the molecule is Cn1c(CC(=O)N[C@@H]2CCCOC2)c2n(c1=S)C[C@@H](c1c(F)ccc(F)c1F)C2. The van der Waals surface area contributed by atoms with E-state index in [2.05, 4.69) is 5.32 Å². The van der Waals surface area contributed by atoms with Gasteiger partial charge < -0.3 is 19.2 Å². The zero-order chi connectivity index (χ0) is 20.7. The van der Waals surface area contributed by atoms with Gasteiger partial charge in [-0.2, -0.15) is 0 Å². The third-order valence-corrected chi connectivity index (χ3v) is 6.26. The Balaban J connectivity index is 1.57. The highest BCUT2D eigenvalue weighted by molar-refractivity contribution is 7.71. The van der Waals surface area contributed by atoms with Gasteiger partial charge in [0.1, 0.15) is 5.82 Å². The maximum Gasteiger partial charge on any atom is 0.226 e. The lowest BCUT2D eigenvalue weighted by molar-refractivity contribution is -0.122. The minimum absolute atomic E-state index is 0.0107. The predicted molar refractivity (Wildman–Crippen MR) is 103 cm³/mol. The van der Waals surface area contributed by atoms with Crippen LogP contribution in [0, 0.1) is 22.2 Å². The summed E-state index contributed by atoms with van der Waals surface area (Å²) in [6.07, 6.45) is 2.18. The molecule has 0 saturated carbocycles. The summed E-state index contributed by atoms with van der Waals surface area (Å²) in [5.74, 6) is -3.72. The van der Waals surface area contributed by atoms with E-state index in [1.165, 1.54) is 0 Å². The van der Waals surface area contributed by atoms with Gasteiger partial charge in [-0.15, -0.1) is 0 Å². The Labute approximate surface area is 171 Å². The van der Waals surface area contributed by atoms with Crippen molar-refractivity contribution < 1.29 is 22.7 Å². The molecule has 3 heterocycles. The Hall–Kier alpha value is -2.13. The second-order valence-corrected chi connectivity index (χ2v) is 8.03. The average molecular weight is 425 g/mol. The zero-order valence-electron chi connectivity index (χ0n) is 16.0. The van der Waals surface area contributed by atoms with E-state index in [9.17, 15) is 18.0 Å². The van der Waals surface area contributed by atoms with Crippen LogP contribution < -0.4 is 5.32 Å². The van der Waals surface area contributed by atoms with E-state index < -0.39 is 23.4 Å². The molecule has 1 N–H and O–H groups in total. The van der Waals surface area contributed by atoms with E-state index in [1.807, 2.05) is 0 Å². The summed E-state index contributed by atoms with van der Waals surface area (Å²) >= 11 is 5.46. The molecule has 1 amide bonds. The molecule has 5 nitrogen and oxygen atoms in total. The molecule has 4 rings (SSSR count). The van der Waals surface area contributed by atoms with Gasteiger partial charge >= 0.3 is 0 Å². The third-order valence-electron chi connectivity index (χ3n) is 5.77. The number of ether oxygens (including phenoxy) is 1. The summed E-state index contributed by atoms with van der Waals surface area (Å²) in [4.78, 5) is 12.6. The van der Waals surface area contributed by atoms with Gasteiger partial charge in [-0.25, -0.2) is 13.2 Å². The lowest BCUT2D eigenvalue weighted by Gasteiger charge is -2.23. The van der Waals surface area contributed by atoms with Crippen molar-refractivity contribution in [3.8, 4) is 0 Å². The summed E-state index contributed by atoms with van der Waals surface area (Å²) in [5, 5.41) is 2.97. The Morgan fingerprint density at radius 1 is 1.31 bits per heavy atom. The molecular formula is C20H22F3N3O2S. The topological polar surface area (TPSA) is 48.2 Å². The molecule has 0 radical (unpaired) electrons. The fraction of sp³-hybridized carbons (Fsp3) is 0.500. The molecule has 9 heteroatoms. The lowest BCUT2D eigenvalue weighted by atomic mass is 9.95.